The Kier molecular flexibility index (Phi) is 14.5. The number of amides is 8. The molecule has 3 N–H and O–H groups in total. The number of pyridine rings is 1. The molecule has 5 saturated heterocycles. The maximum atomic E-state index is 16.0. The van der Waals surface area contributed by atoms with Crippen LogP contribution in [0, 0.1) is 12.7 Å². The molecule has 3 atom stereocenters. The van der Waals surface area contributed by atoms with Gasteiger partial charge in [0.15, 0.2) is 5.82 Å². The summed E-state index contributed by atoms with van der Waals surface area (Å²) in [6, 6.07) is 21.9. The van der Waals surface area contributed by atoms with Crippen LogP contribution in [0.1, 0.15) is 167 Å². The maximum absolute atomic E-state index is 16.0. The maximum Gasteiger partial charge on any atom is 0.262 e. The number of carbonyl (C=O) groups excluding carboxylic acids is 8. The quantitative estimate of drug-likeness (QED) is 0.0980. The van der Waals surface area contributed by atoms with Gasteiger partial charge in [-0.3, -0.25) is 48.6 Å². The van der Waals surface area contributed by atoms with Gasteiger partial charge in [0.2, 0.25) is 17.7 Å². The minimum Gasteiger partial charge on any atom is -0.367 e. The zero-order chi connectivity index (χ0) is 61.9. The van der Waals surface area contributed by atoms with E-state index in [9.17, 15) is 33.6 Å². The number of aromatic nitrogens is 3. The molecule has 3 unspecified atom stereocenters. The molecule has 9 heterocycles. The molecule has 2 bridgehead atoms. The standard InChI is InChI=1S/C68H73FN12O8/c1-37(2)71-61(83)49-32-54(52(69)27-39(49)5)73-60-59-55(70-36-78(59)38(3)4)33-53(72-60)42-13-18-51-57(28-42)80(47-29-46(30-47)75-23-7-6-8-24-75)67(89)68(51)21-25-76(26-22-68)63(85)40-9-11-41(12-10-40)64(86)79-44-14-15-45(79)35-77(34-44)43-16-17-48-50(31-43)66(88)81(65(48)87)56-19-20-58(82)74-62(56)84/h9-13,16-18,27-28,31-33,36-38,44-47,56H,6-8,14-15,19-26,29-30,34-35H2,1-5H3,(H,71,83)(H,72,73)(H,74,82,84). The third-order valence-electron chi connectivity index (χ3n) is 20.2. The van der Waals surface area contributed by atoms with Gasteiger partial charge in [-0.2, -0.15) is 0 Å². The van der Waals surface area contributed by atoms with E-state index in [1.165, 1.54) is 31.4 Å². The number of imidazole rings is 1. The number of anilines is 4. The summed E-state index contributed by atoms with van der Waals surface area (Å²) in [5.41, 5.74) is 6.61. The number of carbonyl (C=O) groups is 8. The molecule has 8 aliphatic rings. The van der Waals surface area contributed by atoms with Gasteiger partial charge in [-0.05, 0) is 183 Å². The molecule has 1 saturated carbocycles. The van der Waals surface area contributed by atoms with Crippen LogP contribution in [-0.2, 0) is 19.8 Å². The minimum absolute atomic E-state index is 0.00452. The topological polar surface area (TPSA) is 223 Å². The molecular weight excluding hydrogens is 1130 g/mol. The van der Waals surface area contributed by atoms with Gasteiger partial charge in [0.1, 0.15) is 17.4 Å². The van der Waals surface area contributed by atoms with E-state index in [-0.39, 0.29) is 83.5 Å². The van der Waals surface area contributed by atoms with Crippen LogP contribution >= 0.6 is 0 Å². The molecule has 6 aromatic rings. The zero-order valence-electron chi connectivity index (χ0n) is 50.8. The molecule has 14 rings (SSSR count). The normalized spacial score (nSPS) is 23.2. The highest BCUT2D eigenvalue weighted by Crippen LogP contribution is 2.53. The molecule has 0 radical (unpaired) electrons. The first kappa shape index (κ1) is 57.9. The molecule has 1 aliphatic carbocycles. The van der Waals surface area contributed by atoms with Crippen molar-refractivity contribution in [3.8, 4) is 11.3 Å². The van der Waals surface area contributed by atoms with Crippen LogP contribution in [0.5, 0.6) is 0 Å². The minimum atomic E-state index is -1.06. The zero-order valence-corrected chi connectivity index (χ0v) is 50.8. The number of rotatable bonds is 12. The number of aryl methyl sites for hydroxylation is 1. The van der Waals surface area contributed by atoms with Crippen LogP contribution in [-0.4, -0.2) is 157 Å². The Hall–Kier alpha value is -8.85. The fraction of sp³-hybridized carbons (Fsp3) is 0.441. The summed E-state index contributed by atoms with van der Waals surface area (Å²) >= 11 is 0. The molecule has 2 aromatic heterocycles. The Bertz CT molecular complexity index is 3960. The van der Waals surface area contributed by atoms with E-state index < -0.39 is 40.9 Å². The van der Waals surface area contributed by atoms with E-state index in [0.717, 1.165) is 66.2 Å². The van der Waals surface area contributed by atoms with Crippen molar-refractivity contribution in [1.29, 1.82) is 0 Å². The lowest BCUT2D eigenvalue weighted by atomic mass is 9.73. The summed E-state index contributed by atoms with van der Waals surface area (Å²) in [7, 11) is 0. The van der Waals surface area contributed by atoms with E-state index in [1.54, 1.807) is 55.7 Å². The third kappa shape index (κ3) is 9.90. The number of halogens is 1. The molecule has 4 aromatic carbocycles. The van der Waals surface area contributed by atoms with Gasteiger partial charge < -0.3 is 39.7 Å². The summed E-state index contributed by atoms with van der Waals surface area (Å²) in [5.74, 6) is -2.93. The molecule has 20 nitrogen and oxygen atoms in total. The van der Waals surface area contributed by atoms with Crippen LogP contribution in [0.15, 0.2) is 85.2 Å². The van der Waals surface area contributed by atoms with E-state index in [1.807, 2.05) is 59.1 Å². The number of likely N-dealkylation sites (tertiary alicyclic amines) is 2. The highest BCUT2D eigenvalue weighted by Gasteiger charge is 2.56. The smallest absolute Gasteiger partial charge is 0.262 e. The predicted molar refractivity (Wildman–Crippen MR) is 332 cm³/mol. The number of fused-ring (bicyclic) bond motifs is 6. The number of nitrogens with zero attached hydrogens (tertiary/aromatic N) is 9. The van der Waals surface area contributed by atoms with Crippen molar-refractivity contribution < 1.29 is 42.7 Å². The van der Waals surface area contributed by atoms with Crippen molar-refractivity contribution in [2.45, 2.75) is 153 Å². The van der Waals surface area contributed by atoms with Gasteiger partial charge >= 0.3 is 0 Å². The van der Waals surface area contributed by atoms with E-state index in [4.69, 9.17) is 9.97 Å². The second-order valence-corrected chi connectivity index (χ2v) is 26.3. The van der Waals surface area contributed by atoms with Gasteiger partial charge in [-0.25, -0.2) is 14.4 Å². The largest absolute Gasteiger partial charge is 0.367 e. The molecule has 6 fully saturated rings. The highest BCUT2D eigenvalue weighted by molar-refractivity contribution is 6.24. The summed E-state index contributed by atoms with van der Waals surface area (Å²) in [6.45, 7) is 13.4. The Morgan fingerprint density at radius 3 is 2.11 bits per heavy atom. The van der Waals surface area contributed by atoms with Gasteiger partial charge in [-0.15, -0.1) is 0 Å². The first-order valence-corrected chi connectivity index (χ1v) is 31.6. The average molecular weight is 1210 g/mol. The van der Waals surface area contributed by atoms with E-state index >= 15 is 9.18 Å². The Labute approximate surface area is 515 Å². The predicted octanol–water partition coefficient (Wildman–Crippen LogP) is 8.44. The fourth-order valence-corrected chi connectivity index (χ4v) is 15.4. The van der Waals surface area contributed by atoms with Crippen molar-refractivity contribution in [2.75, 3.05) is 54.4 Å². The van der Waals surface area contributed by atoms with Crippen molar-refractivity contribution in [2.24, 2.45) is 0 Å². The van der Waals surface area contributed by atoms with Gasteiger partial charge in [-0.1, -0.05) is 18.6 Å². The van der Waals surface area contributed by atoms with Crippen LogP contribution < -0.4 is 25.8 Å². The summed E-state index contributed by atoms with van der Waals surface area (Å²) < 4.78 is 18.0. The summed E-state index contributed by atoms with van der Waals surface area (Å²) in [6.07, 6.45) is 9.63. The number of piperazine rings is 1. The number of benzene rings is 4. The first-order valence-electron chi connectivity index (χ1n) is 31.6. The van der Waals surface area contributed by atoms with Gasteiger partial charge in [0, 0.05) is 102 Å². The second-order valence-electron chi connectivity index (χ2n) is 26.3. The Balaban J connectivity index is 0.684. The molecule has 460 valence electrons. The molecule has 1 spiro atoms. The van der Waals surface area contributed by atoms with Crippen LogP contribution in [0.3, 0.4) is 0 Å². The first-order chi connectivity index (χ1) is 42.8. The highest BCUT2D eigenvalue weighted by atomic mass is 19.1. The number of hydrogen-bond acceptors (Lipinski definition) is 13. The van der Waals surface area contributed by atoms with Crippen LogP contribution in [0.4, 0.5) is 27.3 Å². The van der Waals surface area contributed by atoms with Crippen molar-refractivity contribution >= 4 is 81.2 Å². The number of imide groups is 2. The second kappa shape index (κ2) is 22.3. The Morgan fingerprint density at radius 2 is 1.43 bits per heavy atom. The van der Waals surface area contributed by atoms with E-state index in [0.29, 0.717) is 89.9 Å². The van der Waals surface area contributed by atoms with Gasteiger partial charge in [0.05, 0.1) is 39.8 Å². The lowest BCUT2D eigenvalue weighted by molar-refractivity contribution is -0.136. The van der Waals surface area contributed by atoms with Crippen molar-refractivity contribution in [3.63, 3.8) is 0 Å². The number of hydrogen-bond donors (Lipinski definition) is 3. The number of piperidine rings is 3. The third-order valence-corrected chi connectivity index (χ3v) is 20.2. The SMILES string of the molecule is Cc1cc(F)c(Nc2nc(-c3ccc4c(c3)N(C3CC(N5CCCCC5)C3)C(=O)C43CCN(C(=O)c4ccc(C(=O)N5C6CCC5CN(c5ccc7c(c5)C(=O)N(C5CCC(=O)NC5=O)C7=O)C6)cc4)CC3)cc3ncn(C(C)C)c23)cc1C(=O)NC(C)C. The van der Waals surface area contributed by atoms with Crippen molar-refractivity contribution in [1.82, 2.24) is 44.8 Å². The number of nitrogens with one attached hydrogen (secondary N) is 3. The summed E-state index contributed by atoms with van der Waals surface area (Å²) in [4.78, 5) is 131. The van der Waals surface area contributed by atoms with Crippen LogP contribution in [0.2, 0.25) is 0 Å². The van der Waals surface area contributed by atoms with Gasteiger partial charge in [0.25, 0.3) is 29.5 Å². The van der Waals surface area contributed by atoms with Crippen LogP contribution in [0.25, 0.3) is 22.3 Å². The lowest BCUT2D eigenvalue weighted by Gasteiger charge is -2.48. The average Bonchev–Trinajstić information content (AvgIpc) is 1.84. The molecular formula is C68H73FN12O8. The summed E-state index contributed by atoms with van der Waals surface area (Å²) in [5, 5.41) is 8.43. The fourth-order valence-electron chi connectivity index (χ4n) is 15.4. The molecule has 21 heteroatoms. The Morgan fingerprint density at radius 1 is 0.730 bits per heavy atom. The molecule has 8 amide bonds. The van der Waals surface area contributed by atoms with Crippen molar-refractivity contribution in [3.05, 3.63) is 130 Å². The molecule has 89 heavy (non-hydrogen) atoms. The molecule has 7 aliphatic heterocycles. The van der Waals surface area contributed by atoms with E-state index in [2.05, 4.69) is 37.9 Å². The monoisotopic (exact) mass is 1200 g/mol. The lowest BCUT2D eigenvalue weighted by Crippen LogP contribution is -2.58.